The van der Waals surface area contributed by atoms with E-state index in [0.717, 1.165) is 10.0 Å². The Hall–Kier alpha value is -1.56. The molecule has 0 fully saturated rings. The molecule has 0 spiro atoms. The Morgan fingerprint density at radius 3 is 2.42 bits per heavy atom. The monoisotopic (exact) mass is 327 g/mol. The third-order valence-electron chi connectivity index (χ3n) is 2.51. The predicted molar refractivity (Wildman–Crippen MR) is 78.3 cm³/mol. The summed E-state index contributed by atoms with van der Waals surface area (Å²) in [6.07, 6.45) is 0. The Bertz CT molecular complexity index is 475. The van der Waals surface area contributed by atoms with Crippen LogP contribution >= 0.6 is 15.9 Å². The molecule has 104 valence electrons. The van der Waals surface area contributed by atoms with Crippen LogP contribution in [-0.2, 0) is 0 Å². The van der Waals surface area contributed by atoms with Gasteiger partial charge >= 0.3 is 6.03 Å². The van der Waals surface area contributed by atoms with E-state index in [9.17, 15) is 9.59 Å². The number of nitrogens with one attached hydrogen (secondary N) is 2. The minimum absolute atomic E-state index is 0.144. The zero-order chi connectivity index (χ0) is 14.4. The summed E-state index contributed by atoms with van der Waals surface area (Å²) in [5.74, 6) is -0.144. The number of halogens is 1. The fourth-order valence-electron chi connectivity index (χ4n) is 1.39. The maximum Gasteiger partial charge on any atom is 0.316 e. The normalized spacial score (nSPS) is 9.89. The molecule has 0 aromatic heterocycles. The van der Waals surface area contributed by atoms with Gasteiger partial charge in [0.2, 0.25) is 0 Å². The number of amides is 3. The van der Waals surface area contributed by atoms with E-state index in [1.165, 1.54) is 4.90 Å². The Morgan fingerprint density at radius 2 is 1.84 bits per heavy atom. The molecule has 1 aromatic carbocycles. The SMILES string of the molecule is Cc1cc(C(=O)NCCNC(=O)N(C)C)ccc1Br. The molecule has 1 rings (SSSR count). The van der Waals surface area contributed by atoms with Crippen molar-refractivity contribution in [2.45, 2.75) is 6.92 Å². The fraction of sp³-hybridized carbons (Fsp3) is 0.385. The number of hydrogen-bond acceptors (Lipinski definition) is 2. The first-order valence-corrected chi connectivity index (χ1v) is 6.70. The van der Waals surface area contributed by atoms with E-state index >= 15 is 0 Å². The largest absolute Gasteiger partial charge is 0.350 e. The van der Waals surface area contributed by atoms with Crippen LogP contribution in [0.3, 0.4) is 0 Å². The molecule has 0 saturated carbocycles. The summed E-state index contributed by atoms with van der Waals surface area (Å²) < 4.78 is 0.974. The van der Waals surface area contributed by atoms with Crippen molar-refractivity contribution >= 4 is 27.9 Å². The molecule has 0 aliphatic carbocycles. The molecule has 0 radical (unpaired) electrons. The number of nitrogens with zero attached hydrogens (tertiary/aromatic N) is 1. The van der Waals surface area contributed by atoms with Gasteiger partial charge in [0.1, 0.15) is 0 Å². The summed E-state index contributed by atoms with van der Waals surface area (Å²) in [7, 11) is 3.33. The lowest BCUT2D eigenvalue weighted by Gasteiger charge is -2.12. The Kier molecular flexibility index (Phi) is 5.82. The minimum Gasteiger partial charge on any atom is -0.350 e. The van der Waals surface area contributed by atoms with Gasteiger partial charge in [-0.15, -0.1) is 0 Å². The van der Waals surface area contributed by atoms with Crippen LogP contribution in [0.2, 0.25) is 0 Å². The molecular formula is C13H18BrN3O2. The molecule has 0 bridgehead atoms. The molecule has 0 heterocycles. The number of carbonyl (C=O) groups is 2. The number of aryl methyl sites for hydroxylation is 1. The summed E-state index contributed by atoms with van der Waals surface area (Å²) in [6, 6.07) is 5.24. The second-order valence-electron chi connectivity index (χ2n) is 4.35. The summed E-state index contributed by atoms with van der Waals surface area (Å²) in [6.45, 7) is 2.73. The van der Waals surface area contributed by atoms with Gasteiger partial charge in [-0.1, -0.05) is 15.9 Å². The lowest BCUT2D eigenvalue weighted by atomic mass is 10.1. The average molecular weight is 328 g/mol. The van der Waals surface area contributed by atoms with E-state index in [1.807, 2.05) is 19.1 Å². The molecule has 0 atom stereocenters. The van der Waals surface area contributed by atoms with Gasteiger partial charge in [-0.25, -0.2) is 4.79 Å². The van der Waals surface area contributed by atoms with Crippen LogP contribution in [-0.4, -0.2) is 44.0 Å². The third-order valence-corrected chi connectivity index (χ3v) is 3.40. The van der Waals surface area contributed by atoms with E-state index in [4.69, 9.17) is 0 Å². The Morgan fingerprint density at radius 1 is 1.21 bits per heavy atom. The first-order chi connectivity index (χ1) is 8.91. The number of benzene rings is 1. The van der Waals surface area contributed by atoms with Gasteiger partial charge in [0.15, 0.2) is 0 Å². The van der Waals surface area contributed by atoms with Gasteiger partial charge in [-0.3, -0.25) is 4.79 Å². The predicted octanol–water partition coefficient (Wildman–Crippen LogP) is 1.76. The minimum atomic E-state index is -0.172. The summed E-state index contributed by atoms with van der Waals surface area (Å²) in [4.78, 5) is 24.5. The van der Waals surface area contributed by atoms with Crippen molar-refractivity contribution in [3.05, 3.63) is 33.8 Å². The van der Waals surface area contributed by atoms with Crippen LogP contribution < -0.4 is 10.6 Å². The molecular weight excluding hydrogens is 310 g/mol. The number of urea groups is 1. The van der Waals surface area contributed by atoms with Gasteiger partial charge in [0.05, 0.1) is 0 Å². The lowest BCUT2D eigenvalue weighted by Crippen LogP contribution is -2.39. The first kappa shape index (κ1) is 15.5. The van der Waals surface area contributed by atoms with E-state index < -0.39 is 0 Å². The molecule has 0 unspecified atom stereocenters. The topological polar surface area (TPSA) is 61.4 Å². The first-order valence-electron chi connectivity index (χ1n) is 5.91. The van der Waals surface area contributed by atoms with E-state index in [0.29, 0.717) is 18.7 Å². The third kappa shape index (κ3) is 4.90. The molecule has 2 N–H and O–H groups in total. The van der Waals surface area contributed by atoms with Crippen LogP contribution in [0.5, 0.6) is 0 Å². The van der Waals surface area contributed by atoms with Crippen molar-refractivity contribution in [3.63, 3.8) is 0 Å². The smallest absolute Gasteiger partial charge is 0.316 e. The van der Waals surface area contributed by atoms with Crippen LogP contribution in [0.15, 0.2) is 22.7 Å². The van der Waals surface area contributed by atoms with Crippen LogP contribution in [0.25, 0.3) is 0 Å². The average Bonchev–Trinajstić information content (AvgIpc) is 2.37. The molecule has 3 amide bonds. The number of carbonyl (C=O) groups excluding carboxylic acids is 2. The van der Waals surface area contributed by atoms with E-state index in [1.54, 1.807) is 20.2 Å². The molecule has 0 saturated heterocycles. The van der Waals surface area contributed by atoms with Crippen molar-refractivity contribution < 1.29 is 9.59 Å². The van der Waals surface area contributed by atoms with Crippen molar-refractivity contribution in [2.75, 3.05) is 27.2 Å². The molecule has 6 heteroatoms. The second kappa shape index (κ2) is 7.13. The van der Waals surface area contributed by atoms with Gasteiger partial charge < -0.3 is 15.5 Å². The van der Waals surface area contributed by atoms with E-state index in [-0.39, 0.29) is 11.9 Å². The quantitative estimate of drug-likeness (QED) is 0.828. The zero-order valence-electron chi connectivity index (χ0n) is 11.3. The fourth-order valence-corrected chi connectivity index (χ4v) is 1.64. The molecule has 0 aliphatic heterocycles. The zero-order valence-corrected chi connectivity index (χ0v) is 12.9. The highest BCUT2D eigenvalue weighted by Crippen LogP contribution is 2.16. The van der Waals surface area contributed by atoms with E-state index in [2.05, 4.69) is 26.6 Å². The number of hydrogen-bond donors (Lipinski definition) is 2. The van der Waals surface area contributed by atoms with Crippen molar-refractivity contribution in [2.24, 2.45) is 0 Å². The number of rotatable bonds is 4. The standard InChI is InChI=1S/C13H18BrN3O2/c1-9-8-10(4-5-11(9)14)12(18)15-6-7-16-13(19)17(2)3/h4-5,8H,6-7H2,1-3H3,(H,15,18)(H,16,19). The highest BCUT2D eigenvalue weighted by Gasteiger charge is 2.07. The maximum atomic E-state index is 11.8. The summed E-state index contributed by atoms with van der Waals surface area (Å²) >= 11 is 3.39. The van der Waals surface area contributed by atoms with Crippen molar-refractivity contribution in [1.29, 1.82) is 0 Å². The van der Waals surface area contributed by atoms with Crippen LogP contribution in [0.1, 0.15) is 15.9 Å². The molecule has 19 heavy (non-hydrogen) atoms. The van der Waals surface area contributed by atoms with Gasteiger partial charge in [-0.2, -0.15) is 0 Å². The second-order valence-corrected chi connectivity index (χ2v) is 5.20. The van der Waals surface area contributed by atoms with Crippen molar-refractivity contribution in [1.82, 2.24) is 15.5 Å². The van der Waals surface area contributed by atoms with Crippen molar-refractivity contribution in [3.8, 4) is 0 Å². The molecule has 5 nitrogen and oxygen atoms in total. The van der Waals surface area contributed by atoms with Gasteiger partial charge in [0.25, 0.3) is 5.91 Å². The highest BCUT2D eigenvalue weighted by molar-refractivity contribution is 9.10. The lowest BCUT2D eigenvalue weighted by molar-refractivity contribution is 0.0953. The summed E-state index contributed by atoms with van der Waals surface area (Å²) in [5, 5.41) is 5.43. The maximum absolute atomic E-state index is 11.8. The van der Waals surface area contributed by atoms with Gasteiger partial charge in [-0.05, 0) is 30.7 Å². The highest BCUT2D eigenvalue weighted by atomic mass is 79.9. The Labute approximate surface area is 121 Å². The molecule has 1 aromatic rings. The van der Waals surface area contributed by atoms with Crippen LogP contribution in [0.4, 0.5) is 4.79 Å². The summed E-state index contributed by atoms with van der Waals surface area (Å²) in [5.41, 5.74) is 1.62. The van der Waals surface area contributed by atoms with Gasteiger partial charge in [0, 0.05) is 37.2 Å². The molecule has 0 aliphatic rings. The Balaban J connectivity index is 2.39. The van der Waals surface area contributed by atoms with Crippen LogP contribution in [0, 0.1) is 6.92 Å².